The largest absolute Gasteiger partial charge is 0.336 e. The second-order valence-corrected chi connectivity index (χ2v) is 6.52. The molecule has 0 saturated carbocycles. The lowest BCUT2D eigenvalue weighted by molar-refractivity contribution is 0.0786. The molecule has 0 atom stereocenters. The number of carbonyl (C=O) groups excluding carboxylic acids is 1. The lowest BCUT2D eigenvalue weighted by atomic mass is 10.2. The van der Waals surface area contributed by atoms with E-state index in [1.807, 2.05) is 18.4 Å². The number of amides is 1. The molecule has 0 spiro atoms. The molecule has 0 radical (unpaired) electrons. The van der Waals surface area contributed by atoms with Crippen LogP contribution >= 0.6 is 38.9 Å². The molecule has 0 unspecified atom stereocenters. The first-order valence-corrected chi connectivity index (χ1v) is 7.63. The highest BCUT2D eigenvalue weighted by molar-refractivity contribution is 9.10. The Kier molecular flexibility index (Phi) is 4.60. The van der Waals surface area contributed by atoms with Crippen molar-refractivity contribution in [2.24, 2.45) is 0 Å². The number of aryl methyl sites for hydroxylation is 1. The molecule has 0 N–H and O–H groups in total. The van der Waals surface area contributed by atoms with E-state index in [-0.39, 0.29) is 5.91 Å². The summed E-state index contributed by atoms with van der Waals surface area (Å²) in [5, 5.41) is 2.44. The zero-order valence-corrected chi connectivity index (χ0v) is 13.6. The molecule has 2 rings (SSSR count). The van der Waals surface area contributed by atoms with E-state index >= 15 is 0 Å². The minimum atomic E-state index is -0.123. The summed E-state index contributed by atoms with van der Waals surface area (Å²) in [7, 11) is 1.76. The van der Waals surface area contributed by atoms with Crippen LogP contribution in [0.1, 0.15) is 20.9 Å². The van der Waals surface area contributed by atoms with Gasteiger partial charge in [-0.05, 0) is 35.0 Å². The molecule has 0 aliphatic heterocycles. The fourth-order valence-corrected chi connectivity index (χ4v) is 3.42. The smallest absolute Gasteiger partial charge is 0.257 e. The number of hydrogen-bond donors (Lipinski definition) is 0. The number of thiophene rings is 1. The van der Waals surface area contributed by atoms with Crippen LogP contribution in [0.2, 0.25) is 5.02 Å². The molecule has 0 saturated heterocycles. The minimum Gasteiger partial charge on any atom is -0.336 e. The summed E-state index contributed by atoms with van der Waals surface area (Å²) in [6.07, 6.45) is 1.53. The van der Waals surface area contributed by atoms with Gasteiger partial charge in [0.25, 0.3) is 5.91 Å². The maximum Gasteiger partial charge on any atom is 0.257 e. The van der Waals surface area contributed by atoms with Crippen molar-refractivity contribution in [1.29, 1.82) is 0 Å². The molecule has 100 valence electrons. The van der Waals surface area contributed by atoms with Gasteiger partial charge in [-0.2, -0.15) is 0 Å². The standard InChI is InChI=1S/C13H12BrClN2OS/c1-8-3-12(15)11(5-16-8)13(18)17(2)6-10-4-9(14)7-19-10/h3-5,7H,6H2,1-2H3. The number of carbonyl (C=O) groups is 1. The summed E-state index contributed by atoms with van der Waals surface area (Å²) in [5.74, 6) is -0.123. The van der Waals surface area contributed by atoms with Gasteiger partial charge < -0.3 is 4.90 Å². The van der Waals surface area contributed by atoms with Crippen LogP contribution in [0, 0.1) is 6.92 Å². The third kappa shape index (κ3) is 3.55. The van der Waals surface area contributed by atoms with Crippen molar-refractivity contribution in [2.45, 2.75) is 13.5 Å². The monoisotopic (exact) mass is 358 g/mol. The molecule has 0 bridgehead atoms. The summed E-state index contributed by atoms with van der Waals surface area (Å²) >= 11 is 11.1. The molecular formula is C13H12BrClN2OS. The van der Waals surface area contributed by atoms with Gasteiger partial charge in [0.2, 0.25) is 0 Å². The second-order valence-electron chi connectivity index (χ2n) is 4.20. The zero-order valence-electron chi connectivity index (χ0n) is 10.5. The van der Waals surface area contributed by atoms with Gasteiger partial charge in [-0.3, -0.25) is 9.78 Å². The maximum atomic E-state index is 12.3. The predicted molar refractivity (Wildman–Crippen MR) is 81.8 cm³/mol. The molecular weight excluding hydrogens is 348 g/mol. The molecule has 0 aromatic carbocycles. The Labute approximate surface area is 129 Å². The molecule has 0 aliphatic carbocycles. The summed E-state index contributed by atoms with van der Waals surface area (Å²) in [6, 6.07) is 3.70. The van der Waals surface area contributed by atoms with E-state index in [0.717, 1.165) is 15.0 Å². The average molecular weight is 360 g/mol. The summed E-state index contributed by atoms with van der Waals surface area (Å²) in [6.45, 7) is 2.40. The number of rotatable bonds is 3. The van der Waals surface area contributed by atoms with Gasteiger partial charge in [-0.1, -0.05) is 11.6 Å². The Morgan fingerprint density at radius 1 is 1.53 bits per heavy atom. The highest BCUT2D eigenvalue weighted by Gasteiger charge is 2.16. The first kappa shape index (κ1) is 14.5. The lowest BCUT2D eigenvalue weighted by Gasteiger charge is -2.16. The van der Waals surface area contributed by atoms with Crippen LogP contribution in [0.5, 0.6) is 0 Å². The lowest BCUT2D eigenvalue weighted by Crippen LogP contribution is -2.26. The Hall–Kier alpha value is -0.910. The Bertz CT molecular complexity index is 614. The van der Waals surface area contributed by atoms with E-state index in [2.05, 4.69) is 20.9 Å². The van der Waals surface area contributed by atoms with E-state index in [1.54, 1.807) is 29.4 Å². The molecule has 0 fully saturated rings. The van der Waals surface area contributed by atoms with E-state index in [9.17, 15) is 4.79 Å². The van der Waals surface area contributed by atoms with Crippen molar-refractivity contribution in [3.05, 3.63) is 49.3 Å². The number of pyridine rings is 1. The van der Waals surface area contributed by atoms with Crippen molar-refractivity contribution >= 4 is 44.8 Å². The van der Waals surface area contributed by atoms with Gasteiger partial charge in [-0.25, -0.2) is 0 Å². The van der Waals surface area contributed by atoms with Gasteiger partial charge in [0.15, 0.2) is 0 Å². The van der Waals surface area contributed by atoms with Crippen LogP contribution in [-0.2, 0) is 6.54 Å². The Morgan fingerprint density at radius 3 is 2.84 bits per heavy atom. The van der Waals surface area contributed by atoms with Crippen molar-refractivity contribution in [1.82, 2.24) is 9.88 Å². The van der Waals surface area contributed by atoms with Crippen LogP contribution in [0.4, 0.5) is 0 Å². The van der Waals surface area contributed by atoms with Gasteiger partial charge in [0.05, 0.1) is 17.1 Å². The molecule has 0 aliphatic rings. The van der Waals surface area contributed by atoms with E-state index in [1.165, 1.54) is 6.20 Å². The normalized spacial score (nSPS) is 10.5. The number of nitrogens with zero attached hydrogens (tertiary/aromatic N) is 2. The fraction of sp³-hybridized carbons (Fsp3) is 0.231. The molecule has 1 amide bonds. The van der Waals surface area contributed by atoms with Crippen molar-refractivity contribution in [2.75, 3.05) is 7.05 Å². The van der Waals surface area contributed by atoms with E-state index < -0.39 is 0 Å². The SMILES string of the molecule is Cc1cc(Cl)c(C(=O)N(C)Cc2cc(Br)cs2)cn1. The van der Waals surface area contributed by atoms with Crippen molar-refractivity contribution in [3.8, 4) is 0 Å². The number of hydrogen-bond acceptors (Lipinski definition) is 3. The van der Waals surface area contributed by atoms with Crippen molar-refractivity contribution < 1.29 is 4.79 Å². The highest BCUT2D eigenvalue weighted by Crippen LogP contribution is 2.22. The van der Waals surface area contributed by atoms with Crippen LogP contribution in [-0.4, -0.2) is 22.8 Å². The van der Waals surface area contributed by atoms with E-state index in [0.29, 0.717) is 17.1 Å². The molecule has 2 aromatic rings. The third-order valence-electron chi connectivity index (χ3n) is 2.58. The molecule has 2 aromatic heterocycles. The molecule has 3 nitrogen and oxygen atoms in total. The molecule has 6 heteroatoms. The van der Waals surface area contributed by atoms with Crippen molar-refractivity contribution in [3.63, 3.8) is 0 Å². The number of aromatic nitrogens is 1. The minimum absolute atomic E-state index is 0.123. The second kappa shape index (κ2) is 6.03. The summed E-state index contributed by atoms with van der Waals surface area (Å²) in [4.78, 5) is 19.1. The Balaban J connectivity index is 2.14. The zero-order chi connectivity index (χ0) is 14.0. The summed E-state index contributed by atoms with van der Waals surface area (Å²) in [5.41, 5.74) is 1.23. The summed E-state index contributed by atoms with van der Waals surface area (Å²) < 4.78 is 1.03. The van der Waals surface area contributed by atoms with Crippen LogP contribution in [0.25, 0.3) is 0 Å². The predicted octanol–water partition coefficient (Wildman–Crippen LogP) is 4.14. The molecule has 2 heterocycles. The van der Waals surface area contributed by atoms with Gasteiger partial charge >= 0.3 is 0 Å². The molecule has 19 heavy (non-hydrogen) atoms. The highest BCUT2D eigenvalue weighted by atomic mass is 79.9. The van der Waals surface area contributed by atoms with Gasteiger partial charge in [-0.15, -0.1) is 11.3 Å². The number of halogens is 2. The fourth-order valence-electron chi connectivity index (χ4n) is 1.63. The topological polar surface area (TPSA) is 33.2 Å². The van der Waals surface area contributed by atoms with Gasteiger partial charge in [0, 0.05) is 33.7 Å². The van der Waals surface area contributed by atoms with E-state index in [4.69, 9.17) is 11.6 Å². The van der Waals surface area contributed by atoms with Crippen LogP contribution in [0.3, 0.4) is 0 Å². The van der Waals surface area contributed by atoms with Crippen LogP contribution < -0.4 is 0 Å². The maximum absolute atomic E-state index is 12.3. The first-order valence-electron chi connectivity index (χ1n) is 5.58. The van der Waals surface area contributed by atoms with Gasteiger partial charge in [0.1, 0.15) is 0 Å². The quantitative estimate of drug-likeness (QED) is 0.825. The average Bonchev–Trinajstić information content (AvgIpc) is 2.74. The first-order chi connectivity index (χ1) is 8.97. The van der Waals surface area contributed by atoms with Crippen LogP contribution in [0.15, 0.2) is 28.2 Å². The third-order valence-corrected chi connectivity index (χ3v) is 4.58. The Morgan fingerprint density at radius 2 is 2.26 bits per heavy atom.